The fraction of sp³-hybridized carbons (Fsp3) is 0.400. The van der Waals surface area contributed by atoms with E-state index < -0.39 is 12.1 Å². The van der Waals surface area contributed by atoms with E-state index in [0.29, 0.717) is 47.3 Å². The normalized spacial score (nSPS) is 18.6. The summed E-state index contributed by atoms with van der Waals surface area (Å²) in [6.45, 7) is 3.83. The van der Waals surface area contributed by atoms with Crippen molar-refractivity contribution in [1.82, 2.24) is 9.88 Å². The van der Waals surface area contributed by atoms with E-state index in [1.807, 2.05) is 31.2 Å². The maximum Gasteiger partial charge on any atom is 0.303 e. The second-order valence-electron chi connectivity index (χ2n) is 9.85. The molecule has 0 bridgehead atoms. The van der Waals surface area contributed by atoms with Gasteiger partial charge in [0.15, 0.2) is 0 Å². The van der Waals surface area contributed by atoms with Gasteiger partial charge in [-0.05, 0) is 92.1 Å². The number of aliphatic carboxylic acids is 1. The highest BCUT2D eigenvalue weighted by Gasteiger charge is 2.31. The van der Waals surface area contributed by atoms with Gasteiger partial charge in [-0.25, -0.2) is 4.39 Å². The summed E-state index contributed by atoms with van der Waals surface area (Å²) in [7, 11) is 1.58. The van der Waals surface area contributed by atoms with Crippen LogP contribution in [0, 0.1) is 30.6 Å². The van der Waals surface area contributed by atoms with Crippen LogP contribution in [0.4, 0.5) is 4.39 Å². The van der Waals surface area contributed by atoms with Gasteiger partial charge in [0.2, 0.25) is 0 Å². The molecule has 0 radical (unpaired) electrons. The van der Waals surface area contributed by atoms with Gasteiger partial charge in [0.1, 0.15) is 11.9 Å². The van der Waals surface area contributed by atoms with Crippen molar-refractivity contribution in [2.45, 2.75) is 38.8 Å². The van der Waals surface area contributed by atoms with E-state index in [-0.39, 0.29) is 18.3 Å². The minimum Gasteiger partial charge on any atom is -0.497 e. The molecule has 4 rings (SSSR count). The SMILES string of the molecule is COc1ccc2nccc([C@@H](F)CC[C@@H]3CCN(CC#Cc4c(C)cc(Cl)cc4Cl)C[C@@H]3CC(=O)O)c2c1. The molecule has 0 aliphatic carbocycles. The number of fused-ring (bicyclic) bond motifs is 1. The number of nitrogens with zero attached hydrogens (tertiary/aromatic N) is 2. The van der Waals surface area contributed by atoms with Crippen LogP contribution in [0.3, 0.4) is 0 Å². The van der Waals surface area contributed by atoms with E-state index in [0.717, 1.165) is 35.0 Å². The number of rotatable bonds is 8. The van der Waals surface area contributed by atoms with Crippen molar-refractivity contribution in [2.24, 2.45) is 11.8 Å². The van der Waals surface area contributed by atoms with Crippen molar-refractivity contribution in [3.8, 4) is 17.6 Å². The Bertz CT molecular complexity index is 1350. The second kappa shape index (κ2) is 12.8. The number of methoxy groups -OCH3 is 1. The molecule has 0 unspecified atom stereocenters. The van der Waals surface area contributed by atoms with E-state index >= 15 is 4.39 Å². The summed E-state index contributed by atoms with van der Waals surface area (Å²) in [6.07, 6.45) is 2.26. The highest BCUT2D eigenvalue weighted by atomic mass is 35.5. The molecule has 2 heterocycles. The summed E-state index contributed by atoms with van der Waals surface area (Å²) in [5.41, 5.74) is 2.98. The van der Waals surface area contributed by atoms with E-state index in [1.54, 1.807) is 25.4 Å². The summed E-state index contributed by atoms with van der Waals surface area (Å²) in [5, 5.41) is 11.4. The van der Waals surface area contributed by atoms with Gasteiger partial charge in [0.05, 0.1) is 24.2 Å². The summed E-state index contributed by atoms with van der Waals surface area (Å²) in [4.78, 5) is 18.1. The number of carboxylic acid groups (broad SMARTS) is 1. The van der Waals surface area contributed by atoms with E-state index in [2.05, 4.69) is 21.7 Å². The lowest BCUT2D eigenvalue weighted by Crippen LogP contribution is -2.41. The van der Waals surface area contributed by atoms with Crippen molar-refractivity contribution in [3.05, 3.63) is 69.3 Å². The van der Waals surface area contributed by atoms with Crippen molar-refractivity contribution in [3.63, 3.8) is 0 Å². The molecule has 0 saturated carbocycles. The lowest BCUT2D eigenvalue weighted by Gasteiger charge is -2.37. The summed E-state index contributed by atoms with van der Waals surface area (Å²) >= 11 is 12.3. The molecule has 0 spiro atoms. The Morgan fingerprint density at radius 2 is 2.08 bits per heavy atom. The third-order valence-electron chi connectivity index (χ3n) is 7.29. The van der Waals surface area contributed by atoms with Gasteiger partial charge in [-0.1, -0.05) is 35.0 Å². The van der Waals surface area contributed by atoms with Crippen molar-refractivity contribution >= 4 is 40.1 Å². The number of pyridine rings is 1. The zero-order valence-corrected chi connectivity index (χ0v) is 23.0. The van der Waals surface area contributed by atoms with Crippen LogP contribution in [0.15, 0.2) is 42.6 Å². The first-order chi connectivity index (χ1) is 18.2. The molecule has 1 aliphatic rings. The van der Waals surface area contributed by atoms with Crippen LogP contribution in [-0.4, -0.2) is 47.7 Å². The Balaban J connectivity index is 1.40. The van der Waals surface area contributed by atoms with Crippen LogP contribution in [0.2, 0.25) is 10.0 Å². The molecular weight excluding hydrogens is 526 g/mol. The first kappa shape index (κ1) is 28.2. The maximum absolute atomic E-state index is 15.5. The van der Waals surface area contributed by atoms with Crippen molar-refractivity contribution < 1.29 is 19.0 Å². The number of benzene rings is 2. The molecule has 0 amide bonds. The quantitative estimate of drug-likeness (QED) is 0.299. The number of halogens is 3. The monoisotopic (exact) mass is 556 g/mol. The third-order valence-corrected chi connectivity index (χ3v) is 7.81. The first-order valence-electron chi connectivity index (χ1n) is 12.7. The van der Waals surface area contributed by atoms with Gasteiger partial charge in [-0.3, -0.25) is 14.7 Å². The van der Waals surface area contributed by atoms with Crippen LogP contribution >= 0.6 is 23.2 Å². The number of hydrogen-bond acceptors (Lipinski definition) is 4. The molecule has 1 aromatic heterocycles. The fourth-order valence-electron chi connectivity index (χ4n) is 5.30. The molecule has 38 heavy (non-hydrogen) atoms. The average molecular weight is 557 g/mol. The predicted molar refractivity (Wildman–Crippen MR) is 150 cm³/mol. The van der Waals surface area contributed by atoms with Gasteiger partial charge in [0, 0.05) is 35.1 Å². The highest BCUT2D eigenvalue weighted by molar-refractivity contribution is 6.35. The molecule has 1 saturated heterocycles. The van der Waals surface area contributed by atoms with Crippen LogP contribution in [0.1, 0.15) is 48.5 Å². The Morgan fingerprint density at radius 1 is 1.26 bits per heavy atom. The number of carboxylic acids is 1. The molecule has 1 N–H and O–H groups in total. The summed E-state index contributed by atoms with van der Waals surface area (Å²) in [6, 6.07) is 10.7. The third kappa shape index (κ3) is 6.96. The summed E-state index contributed by atoms with van der Waals surface area (Å²) < 4.78 is 20.8. The predicted octanol–water partition coefficient (Wildman–Crippen LogP) is 7.11. The zero-order valence-electron chi connectivity index (χ0n) is 21.5. The molecule has 3 atom stereocenters. The minimum absolute atomic E-state index is 0.0586. The van der Waals surface area contributed by atoms with Gasteiger partial charge in [-0.2, -0.15) is 0 Å². The first-order valence-corrected chi connectivity index (χ1v) is 13.5. The number of likely N-dealkylation sites (tertiary alicyclic amines) is 1. The van der Waals surface area contributed by atoms with E-state index in [9.17, 15) is 9.90 Å². The van der Waals surface area contributed by atoms with Crippen molar-refractivity contribution in [2.75, 3.05) is 26.7 Å². The number of piperidine rings is 1. The Morgan fingerprint density at radius 3 is 2.82 bits per heavy atom. The lowest BCUT2D eigenvalue weighted by molar-refractivity contribution is -0.139. The molecular formula is C30H31Cl2FN2O3. The Hall–Kier alpha value is -2.85. The van der Waals surface area contributed by atoms with Crippen LogP contribution in [0.25, 0.3) is 10.9 Å². The van der Waals surface area contributed by atoms with Crippen LogP contribution in [-0.2, 0) is 4.79 Å². The van der Waals surface area contributed by atoms with Gasteiger partial charge < -0.3 is 9.84 Å². The van der Waals surface area contributed by atoms with Crippen LogP contribution in [0.5, 0.6) is 5.75 Å². The molecule has 5 nitrogen and oxygen atoms in total. The topological polar surface area (TPSA) is 62.7 Å². The number of aryl methyl sites for hydroxylation is 1. The van der Waals surface area contributed by atoms with Crippen molar-refractivity contribution in [1.29, 1.82) is 0 Å². The smallest absolute Gasteiger partial charge is 0.303 e. The van der Waals surface area contributed by atoms with Gasteiger partial charge in [0.25, 0.3) is 0 Å². The van der Waals surface area contributed by atoms with E-state index in [1.165, 1.54) is 0 Å². The molecule has 200 valence electrons. The summed E-state index contributed by atoms with van der Waals surface area (Å²) in [5.74, 6) is 6.21. The number of carbonyl (C=O) groups is 1. The molecule has 1 aliphatic heterocycles. The molecule has 1 fully saturated rings. The maximum atomic E-state index is 15.5. The zero-order chi connectivity index (χ0) is 27.2. The fourth-order valence-corrected chi connectivity index (χ4v) is 5.94. The average Bonchev–Trinajstić information content (AvgIpc) is 2.88. The second-order valence-corrected chi connectivity index (χ2v) is 10.7. The largest absolute Gasteiger partial charge is 0.497 e. The van der Waals surface area contributed by atoms with Gasteiger partial charge in [-0.15, -0.1) is 0 Å². The lowest BCUT2D eigenvalue weighted by atomic mass is 9.79. The Kier molecular flexibility index (Phi) is 9.49. The molecule has 8 heteroatoms. The Labute approximate surface area is 232 Å². The minimum atomic E-state index is -1.17. The number of hydrogen-bond donors (Lipinski definition) is 1. The number of aromatic nitrogens is 1. The highest BCUT2D eigenvalue weighted by Crippen LogP contribution is 2.36. The number of alkyl halides is 1. The number of ether oxygens (including phenoxy) is 1. The molecule has 2 aromatic carbocycles. The standard InChI is InChI=1S/C30H31Cl2FN2O3/c1-19-14-22(31)16-27(32)24(19)4-3-12-35-13-10-20(21(18-35)15-30(36)37)5-7-28(33)25-9-11-34-29-8-6-23(38-2)17-26(25)29/h6,8-9,11,14,16-17,20-21,28H,5,7,10,12-13,15,18H2,1-2H3,(H,36,37)/t20-,21+,28+/m1/s1. The van der Waals surface area contributed by atoms with E-state index in [4.69, 9.17) is 27.9 Å². The van der Waals surface area contributed by atoms with Crippen LogP contribution < -0.4 is 4.74 Å². The molecule has 3 aromatic rings. The van der Waals surface area contributed by atoms with Gasteiger partial charge >= 0.3 is 5.97 Å².